The molecule has 0 radical (unpaired) electrons. The lowest BCUT2D eigenvalue weighted by atomic mass is 10.0. The number of hydrogen-bond donors (Lipinski definition) is 0. The first kappa shape index (κ1) is 19.2. The lowest BCUT2D eigenvalue weighted by molar-refractivity contribution is -0.152. The Hall–Kier alpha value is -3.56. The molecule has 1 unspecified atom stereocenters. The van der Waals surface area contributed by atoms with Crippen LogP contribution in [0.25, 0.3) is 0 Å². The molecule has 0 N–H and O–H groups in total. The summed E-state index contributed by atoms with van der Waals surface area (Å²) in [7, 11) is 1.03. The van der Waals surface area contributed by atoms with Gasteiger partial charge in [-0.3, -0.25) is 33.8 Å². The number of amides is 4. The van der Waals surface area contributed by atoms with Crippen LogP contribution in [0.15, 0.2) is 24.3 Å². The average molecular weight is 388 g/mol. The third kappa shape index (κ3) is 3.36. The number of rotatable bonds is 4. The number of esters is 1. The topological polar surface area (TPSA) is 127 Å². The van der Waals surface area contributed by atoms with Crippen LogP contribution in [0.1, 0.15) is 40.0 Å². The van der Waals surface area contributed by atoms with Crippen LogP contribution in [0.2, 0.25) is 0 Å². The van der Waals surface area contributed by atoms with Crippen LogP contribution in [0, 0.1) is 0 Å². The van der Waals surface area contributed by atoms with Gasteiger partial charge in [0.1, 0.15) is 6.04 Å². The number of ether oxygens (including phenoxy) is 2. The van der Waals surface area contributed by atoms with Crippen molar-refractivity contribution in [3.05, 3.63) is 35.4 Å². The Morgan fingerprint density at radius 1 is 1.07 bits per heavy atom. The van der Waals surface area contributed by atoms with Gasteiger partial charge in [0.25, 0.3) is 17.7 Å². The first-order chi connectivity index (χ1) is 13.3. The van der Waals surface area contributed by atoms with Crippen LogP contribution in [0.3, 0.4) is 0 Å². The third-order valence-electron chi connectivity index (χ3n) is 4.52. The predicted octanol–water partition coefficient (Wildman–Crippen LogP) is 0.500. The lowest BCUT2D eigenvalue weighted by Gasteiger charge is -2.34. The molecule has 146 valence electrons. The number of carbonyl (C=O) groups excluding carboxylic acids is 6. The highest BCUT2D eigenvalue weighted by molar-refractivity contribution is 6.23. The van der Waals surface area contributed by atoms with Gasteiger partial charge in [-0.1, -0.05) is 12.1 Å². The first-order valence-electron chi connectivity index (χ1n) is 8.45. The Morgan fingerprint density at radius 3 is 2.25 bits per heavy atom. The van der Waals surface area contributed by atoms with Gasteiger partial charge in [0.2, 0.25) is 5.91 Å². The van der Waals surface area contributed by atoms with Crippen molar-refractivity contribution in [2.24, 2.45) is 0 Å². The van der Waals surface area contributed by atoms with Crippen LogP contribution in [-0.4, -0.2) is 65.2 Å². The molecule has 0 spiro atoms. The first-order valence-corrected chi connectivity index (χ1v) is 8.45. The molecular weight excluding hydrogens is 372 g/mol. The van der Waals surface area contributed by atoms with Gasteiger partial charge in [-0.15, -0.1) is 0 Å². The minimum atomic E-state index is -1.20. The SMILES string of the molecule is COC(=O)OC(=O)CCN1C(=O)CCC(N2C(=O)c3ccccc3C2=O)C1=O. The molecule has 4 amide bonds. The molecule has 2 aliphatic heterocycles. The molecule has 0 aliphatic carbocycles. The number of likely N-dealkylation sites (tertiary alicyclic amines) is 1. The van der Waals surface area contributed by atoms with E-state index >= 15 is 0 Å². The van der Waals surface area contributed by atoms with Crippen molar-refractivity contribution in [1.82, 2.24) is 9.80 Å². The second-order valence-corrected chi connectivity index (χ2v) is 6.14. The van der Waals surface area contributed by atoms with E-state index in [-0.39, 0.29) is 30.5 Å². The van der Waals surface area contributed by atoms with Crippen LogP contribution in [-0.2, 0) is 23.9 Å². The van der Waals surface area contributed by atoms with Crippen molar-refractivity contribution in [3.8, 4) is 0 Å². The largest absolute Gasteiger partial charge is 0.515 e. The van der Waals surface area contributed by atoms with Gasteiger partial charge in [0.05, 0.1) is 24.7 Å². The minimum absolute atomic E-state index is 0.00619. The fourth-order valence-corrected chi connectivity index (χ4v) is 3.18. The predicted molar refractivity (Wildman–Crippen MR) is 89.8 cm³/mol. The summed E-state index contributed by atoms with van der Waals surface area (Å²) in [4.78, 5) is 74.2. The summed E-state index contributed by atoms with van der Waals surface area (Å²) in [5.41, 5.74) is 0.399. The van der Waals surface area contributed by atoms with Gasteiger partial charge in [0, 0.05) is 13.0 Å². The highest BCUT2D eigenvalue weighted by Crippen LogP contribution is 2.29. The number of methoxy groups -OCH3 is 1. The summed E-state index contributed by atoms with van der Waals surface area (Å²) in [5.74, 6) is -3.47. The van der Waals surface area contributed by atoms with Gasteiger partial charge in [0.15, 0.2) is 0 Å². The molecule has 10 nitrogen and oxygen atoms in total. The number of piperidine rings is 1. The van der Waals surface area contributed by atoms with E-state index in [0.717, 1.165) is 16.9 Å². The zero-order valence-corrected chi connectivity index (χ0v) is 14.9. The van der Waals surface area contributed by atoms with E-state index in [1.54, 1.807) is 12.1 Å². The number of imide groups is 2. The Labute approximate surface area is 159 Å². The van der Waals surface area contributed by atoms with Gasteiger partial charge in [-0.2, -0.15) is 0 Å². The summed E-state index contributed by atoms with van der Waals surface area (Å²) >= 11 is 0. The quantitative estimate of drug-likeness (QED) is 0.414. The molecule has 1 fully saturated rings. The molecule has 2 aliphatic rings. The fraction of sp³-hybridized carbons (Fsp3) is 0.333. The maximum absolute atomic E-state index is 12.8. The smallest absolute Gasteiger partial charge is 0.437 e. The second-order valence-electron chi connectivity index (χ2n) is 6.14. The van der Waals surface area contributed by atoms with Crippen molar-refractivity contribution < 1.29 is 38.2 Å². The minimum Gasteiger partial charge on any atom is -0.437 e. The highest BCUT2D eigenvalue weighted by atomic mass is 16.7. The van der Waals surface area contributed by atoms with Crippen molar-refractivity contribution in [3.63, 3.8) is 0 Å². The molecule has 0 bridgehead atoms. The molecular formula is C18H16N2O8. The Kier molecular flexibility index (Phi) is 5.21. The Balaban J connectivity index is 1.73. The number of nitrogens with zero attached hydrogens (tertiary/aromatic N) is 2. The average Bonchev–Trinajstić information content (AvgIpc) is 2.93. The van der Waals surface area contributed by atoms with Crippen LogP contribution in [0.5, 0.6) is 0 Å². The van der Waals surface area contributed by atoms with Gasteiger partial charge >= 0.3 is 12.1 Å². The summed E-state index contributed by atoms with van der Waals surface area (Å²) in [6.45, 7) is -0.340. The van der Waals surface area contributed by atoms with Crippen LogP contribution in [0.4, 0.5) is 4.79 Å². The number of fused-ring (bicyclic) bond motifs is 1. The van der Waals surface area contributed by atoms with E-state index in [0.29, 0.717) is 0 Å². The highest BCUT2D eigenvalue weighted by Gasteiger charge is 2.46. The number of hydrogen-bond acceptors (Lipinski definition) is 8. The fourth-order valence-electron chi connectivity index (χ4n) is 3.18. The van der Waals surface area contributed by atoms with E-state index in [1.807, 2.05) is 0 Å². The van der Waals surface area contributed by atoms with Crippen molar-refractivity contribution in [2.75, 3.05) is 13.7 Å². The monoisotopic (exact) mass is 388 g/mol. The normalized spacial score (nSPS) is 19.0. The molecule has 10 heteroatoms. The molecule has 0 saturated carbocycles. The van der Waals surface area contributed by atoms with E-state index in [1.165, 1.54) is 12.1 Å². The molecule has 3 rings (SSSR count). The maximum atomic E-state index is 12.8. The lowest BCUT2D eigenvalue weighted by Crippen LogP contribution is -2.56. The molecule has 2 heterocycles. The van der Waals surface area contributed by atoms with Crippen molar-refractivity contribution >= 4 is 35.8 Å². The summed E-state index contributed by atoms with van der Waals surface area (Å²) in [6.07, 6.45) is -1.70. The molecule has 1 aromatic rings. The zero-order valence-electron chi connectivity index (χ0n) is 14.9. The number of benzene rings is 1. The van der Waals surface area contributed by atoms with E-state index < -0.39 is 48.2 Å². The standard InChI is InChI=1S/C18H16N2O8/c1-27-18(26)28-14(22)8-9-19-13(21)7-6-12(17(19)25)20-15(23)10-4-2-3-5-11(10)16(20)24/h2-5,12H,6-9H2,1H3. The van der Waals surface area contributed by atoms with E-state index in [2.05, 4.69) is 9.47 Å². The van der Waals surface area contributed by atoms with Gasteiger partial charge < -0.3 is 9.47 Å². The van der Waals surface area contributed by atoms with Gasteiger partial charge in [-0.25, -0.2) is 4.79 Å². The Morgan fingerprint density at radius 2 is 1.68 bits per heavy atom. The summed E-state index contributed by atoms with van der Waals surface area (Å²) in [6, 6.07) is 5.07. The molecule has 28 heavy (non-hydrogen) atoms. The summed E-state index contributed by atoms with van der Waals surface area (Å²) in [5, 5.41) is 0. The maximum Gasteiger partial charge on any atom is 0.515 e. The molecule has 1 saturated heterocycles. The van der Waals surface area contributed by atoms with E-state index in [4.69, 9.17) is 0 Å². The van der Waals surface area contributed by atoms with Gasteiger partial charge in [-0.05, 0) is 18.6 Å². The number of carbonyl (C=O) groups is 6. The molecule has 1 aromatic carbocycles. The molecule has 0 aromatic heterocycles. The summed E-state index contributed by atoms with van der Waals surface area (Å²) < 4.78 is 8.48. The van der Waals surface area contributed by atoms with E-state index in [9.17, 15) is 28.8 Å². The third-order valence-corrected chi connectivity index (χ3v) is 4.52. The van der Waals surface area contributed by atoms with Crippen LogP contribution < -0.4 is 0 Å². The Bertz CT molecular complexity index is 858. The van der Waals surface area contributed by atoms with Crippen molar-refractivity contribution in [2.45, 2.75) is 25.3 Å². The molecule has 1 atom stereocenters. The zero-order chi connectivity index (χ0) is 20.4. The van der Waals surface area contributed by atoms with Crippen molar-refractivity contribution in [1.29, 1.82) is 0 Å². The second kappa shape index (κ2) is 7.59. The van der Waals surface area contributed by atoms with Crippen LogP contribution >= 0.6 is 0 Å².